The summed E-state index contributed by atoms with van der Waals surface area (Å²) in [6.07, 6.45) is 0. The van der Waals surface area contributed by atoms with Gasteiger partial charge in [-0.3, -0.25) is 4.79 Å². The monoisotopic (exact) mass is 266 g/mol. The minimum Gasteiger partial charge on any atom is -0.480 e. The number of carbonyl (C=O) groups excluding carboxylic acids is 1. The Hall–Kier alpha value is -2.88. The molecule has 0 unspecified atom stereocenters. The Morgan fingerprint density at radius 2 is 1.50 bits per heavy atom. The lowest BCUT2D eigenvalue weighted by Gasteiger charge is -2.06. The highest BCUT2D eigenvalue weighted by molar-refractivity contribution is 6.17. The van der Waals surface area contributed by atoms with Gasteiger partial charge in [0.15, 0.2) is 0 Å². The maximum atomic E-state index is 12.5. The van der Waals surface area contributed by atoms with E-state index in [1.807, 2.05) is 0 Å². The summed E-state index contributed by atoms with van der Waals surface area (Å²) < 4.78 is 4.74. The fraction of sp³-hybridized carbons (Fsp3) is 0. The average molecular weight is 266 g/mol. The number of rotatable bonds is 2. The Labute approximate surface area is 113 Å². The molecule has 0 radical (unpaired) electrons. The third-order valence-electron chi connectivity index (χ3n) is 3.08. The van der Waals surface area contributed by atoms with Crippen molar-refractivity contribution in [1.82, 2.24) is 0 Å². The Morgan fingerprint density at radius 3 is 2.20 bits per heavy atom. The zero-order chi connectivity index (χ0) is 14.1. The molecule has 98 valence electrons. The van der Waals surface area contributed by atoms with E-state index in [-0.39, 0.29) is 16.7 Å². The summed E-state index contributed by atoms with van der Waals surface area (Å²) in [5.74, 6) is -1.04. The topological polar surface area (TPSA) is 67.5 Å². The van der Waals surface area contributed by atoms with Gasteiger partial charge in [0, 0.05) is 10.9 Å². The number of carbonyl (C=O) groups is 1. The van der Waals surface area contributed by atoms with Crippen LogP contribution in [0, 0.1) is 0 Å². The van der Waals surface area contributed by atoms with E-state index in [0.717, 1.165) is 0 Å². The smallest absolute Gasteiger partial charge is 0.346 e. The molecular weight excluding hydrogens is 256 g/mol. The second kappa shape index (κ2) is 4.66. The quantitative estimate of drug-likeness (QED) is 0.724. The number of benzene rings is 2. The van der Waals surface area contributed by atoms with Gasteiger partial charge in [0.05, 0.1) is 5.39 Å². The normalized spacial score (nSPS) is 10.6. The standard InChI is InChI=1S/C16H10O4/c17-14(10-6-2-1-3-7-10)13-11-8-4-5-9-12(11)15(18)20-16(13)19/h1-9,19H. The van der Waals surface area contributed by atoms with Gasteiger partial charge in [-0.1, -0.05) is 48.5 Å². The van der Waals surface area contributed by atoms with Crippen molar-refractivity contribution in [3.8, 4) is 5.95 Å². The molecule has 20 heavy (non-hydrogen) atoms. The van der Waals surface area contributed by atoms with Gasteiger partial charge in [0.2, 0.25) is 5.78 Å². The van der Waals surface area contributed by atoms with Crippen molar-refractivity contribution in [1.29, 1.82) is 0 Å². The van der Waals surface area contributed by atoms with Gasteiger partial charge in [-0.25, -0.2) is 4.79 Å². The van der Waals surface area contributed by atoms with E-state index in [9.17, 15) is 14.7 Å². The number of ketones is 1. The summed E-state index contributed by atoms with van der Waals surface area (Å²) in [5.41, 5.74) is -0.240. The fourth-order valence-corrected chi connectivity index (χ4v) is 2.14. The lowest BCUT2D eigenvalue weighted by molar-refractivity contribution is 0.103. The van der Waals surface area contributed by atoms with Gasteiger partial charge in [-0.2, -0.15) is 0 Å². The predicted molar refractivity (Wildman–Crippen MR) is 74.0 cm³/mol. The molecule has 4 heteroatoms. The summed E-state index contributed by atoms with van der Waals surface area (Å²) >= 11 is 0. The minimum absolute atomic E-state index is 0.00593. The molecule has 0 aliphatic rings. The van der Waals surface area contributed by atoms with Gasteiger partial charge < -0.3 is 9.52 Å². The van der Waals surface area contributed by atoms with E-state index < -0.39 is 11.6 Å². The van der Waals surface area contributed by atoms with E-state index in [4.69, 9.17) is 4.42 Å². The van der Waals surface area contributed by atoms with Crippen LogP contribution in [0.5, 0.6) is 5.95 Å². The molecule has 1 N–H and O–H groups in total. The molecule has 0 fully saturated rings. The van der Waals surface area contributed by atoms with E-state index in [0.29, 0.717) is 10.9 Å². The first-order valence-corrected chi connectivity index (χ1v) is 6.03. The third kappa shape index (κ3) is 1.87. The molecule has 4 nitrogen and oxygen atoms in total. The highest BCUT2D eigenvalue weighted by Crippen LogP contribution is 2.26. The van der Waals surface area contributed by atoms with Crippen LogP contribution >= 0.6 is 0 Å². The molecule has 0 spiro atoms. The lowest BCUT2D eigenvalue weighted by atomic mass is 10.00. The first-order chi connectivity index (χ1) is 9.68. The van der Waals surface area contributed by atoms with Gasteiger partial charge in [-0.05, 0) is 6.07 Å². The van der Waals surface area contributed by atoms with E-state index >= 15 is 0 Å². The molecule has 0 aliphatic heterocycles. The minimum atomic E-state index is -0.664. The Balaban J connectivity index is 2.32. The molecule has 3 aromatic rings. The lowest BCUT2D eigenvalue weighted by Crippen LogP contribution is -2.08. The van der Waals surface area contributed by atoms with Crippen LogP contribution in [0.1, 0.15) is 15.9 Å². The zero-order valence-electron chi connectivity index (χ0n) is 10.4. The fourth-order valence-electron chi connectivity index (χ4n) is 2.14. The van der Waals surface area contributed by atoms with Crippen LogP contribution in [0.15, 0.2) is 63.8 Å². The van der Waals surface area contributed by atoms with Crippen molar-refractivity contribution < 1.29 is 14.3 Å². The van der Waals surface area contributed by atoms with Crippen molar-refractivity contribution in [2.75, 3.05) is 0 Å². The van der Waals surface area contributed by atoms with Crippen LogP contribution < -0.4 is 5.63 Å². The third-order valence-corrected chi connectivity index (χ3v) is 3.08. The molecule has 2 aromatic carbocycles. The first kappa shape index (κ1) is 12.2. The molecule has 1 aromatic heterocycles. The Bertz CT molecular complexity index is 847. The van der Waals surface area contributed by atoms with Crippen molar-refractivity contribution >= 4 is 16.6 Å². The van der Waals surface area contributed by atoms with Crippen molar-refractivity contribution in [2.24, 2.45) is 0 Å². The zero-order valence-corrected chi connectivity index (χ0v) is 10.4. The summed E-state index contributed by atoms with van der Waals surface area (Å²) in [7, 11) is 0. The molecule has 0 atom stereocenters. The number of hydrogen-bond acceptors (Lipinski definition) is 4. The number of fused-ring (bicyclic) bond motifs is 1. The Kier molecular flexibility index (Phi) is 2.84. The molecular formula is C16H10O4. The Morgan fingerprint density at radius 1 is 0.900 bits per heavy atom. The molecule has 1 heterocycles. The van der Waals surface area contributed by atoms with Crippen molar-refractivity contribution in [3.63, 3.8) is 0 Å². The second-order valence-corrected chi connectivity index (χ2v) is 4.31. The summed E-state index contributed by atoms with van der Waals surface area (Å²) in [6.45, 7) is 0. The average Bonchev–Trinajstić information content (AvgIpc) is 2.48. The molecule has 0 aliphatic carbocycles. The van der Waals surface area contributed by atoms with Gasteiger partial charge in [0.1, 0.15) is 5.56 Å². The van der Waals surface area contributed by atoms with Gasteiger partial charge in [-0.15, -0.1) is 0 Å². The van der Waals surface area contributed by atoms with Crippen molar-refractivity contribution in [3.05, 3.63) is 76.1 Å². The van der Waals surface area contributed by atoms with E-state index in [1.54, 1.807) is 54.6 Å². The highest BCUT2D eigenvalue weighted by Gasteiger charge is 2.20. The predicted octanol–water partition coefficient (Wildman–Crippen LogP) is 2.73. The molecule has 0 amide bonds. The van der Waals surface area contributed by atoms with Crippen LogP contribution in [0.2, 0.25) is 0 Å². The SMILES string of the molecule is O=C(c1ccccc1)c1c(O)oc(=O)c2ccccc12. The summed E-state index contributed by atoms with van der Waals surface area (Å²) in [5, 5.41) is 10.5. The van der Waals surface area contributed by atoms with Crippen LogP contribution in [0.25, 0.3) is 10.8 Å². The largest absolute Gasteiger partial charge is 0.480 e. The first-order valence-electron chi connectivity index (χ1n) is 6.03. The molecule has 0 bridgehead atoms. The van der Waals surface area contributed by atoms with E-state index in [1.165, 1.54) is 0 Å². The van der Waals surface area contributed by atoms with Crippen LogP contribution in [-0.4, -0.2) is 10.9 Å². The van der Waals surface area contributed by atoms with Crippen LogP contribution in [0.4, 0.5) is 0 Å². The van der Waals surface area contributed by atoms with Gasteiger partial charge in [0.25, 0.3) is 5.95 Å². The molecule has 0 saturated carbocycles. The van der Waals surface area contributed by atoms with E-state index in [2.05, 4.69) is 0 Å². The van der Waals surface area contributed by atoms with Gasteiger partial charge >= 0.3 is 5.63 Å². The number of hydrogen-bond donors (Lipinski definition) is 1. The van der Waals surface area contributed by atoms with Crippen LogP contribution in [0.3, 0.4) is 0 Å². The maximum Gasteiger partial charge on any atom is 0.346 e. The molecule has 3 rings (SSSR count). The molecule has 0 saturated heterocycles. The second-order valence-electron chi connectivity index (χ2n) is 4.31. The van der Waals surface area contributed by atoms with Crippen LogP contribution in [-0.2, 0) is 0 Å². The summed E-state index contributed by atoms with van der Waals surface area (Å²) in [4.78, 5) is 24.1. The maximum absolute atomic E-state index is 12.5. The summed E-state index contributed by atoms with van der Waals surface area (Å²) in [6, 6.07) is 15.1. The number of aromatic hydroxyl groups is 1. The van der Waals surface area contributed by atoms with Crippen molar-refractivity contribution in [2.45, 2.75) is 0 Å². The highest BCUT2D eigenvalue weighted by atomic mass is 16.5.